The lowest BCUT2D eigenvalue weighted by Crippen LogP contribution is -2.30. The topological polar surface area (TPSA) is 60.7 Å². The summed E-state index contributed by atoms with van der Waals surface area (Å²) in [5, 5.41) is 5.34. The van der Waals surface area contributed by atoms with Crippen LogP contribution in [0.1, 0.15) is 6.92 Å². The van der Waals surface area contributed by atoms with Crippen molar-refractivity contribution in [2.75, 3.05) is 12.4 Å². The van der Waals surface area contributed by atoms with Crippen LogP contribution in [-0.4, -0.2) is 19.1 Å². The number of ether oxygens (including phenoxy) is 2. The van der Waals surface area contributed by atoms with E-state index in [1.807, 2.05) is 30.3 Å². The Morgan fingerprint density at radius 3 is 2.62 bits per heavy atom. The summed E-state index contributed by atoms with van der Waals surface area (Å²) in [6.45, 7) is 1.67. The minimum Gasteiger partial charge on any atom is -0.495 e. The number of halogens is 2. The number of fused-ring (bicyclic) bond motifs is 3. The minimum absolute atomic E-state index is 0.319. The number of methoxy groups -OCH3 is 1. The molecule has 0 bridgehead atoms. The predicted octanol–water partition coefficient (Wildman–Crippen LogP) is 6.42. The molecule has 29 heavy (non-hydrogen) atoms. The van der Waals surface area contributed by atoms with E-state index >= 15 is 0 Å². The second kappa shape index (κ2) is 7.97. The number of furan rings is 1. The summed E-state index contributed by atoms with van der Waals surface area (Å²) in [6.07, 6.45) is -0.747. The molecule has 1 heterocycles. The van der Waals surface area contributed by atoms with Crippen LogP contribution in [0.25, 0.3) is 21.9 Å². The van der Waals surface area contributed by atoms with E-state index in [0.29, 0.717) is 32.3 Å². The van der Waals surface area contributed by atoms with Gasteiger partial charge in [0, 0.05) is 21.9 Å². The molecule has 1 N–H and O–H groups in total. The highest BCUT2D eigenvalue weighted by Crippen LogP contribution is 2.36. The number of hydrogen-bond acceptors (Lipinski definition) is 4. The van der Waals surface area contributed by atoms with Crippen LogP contribution in [-0.2, 0) is 4.79 Å². The van der Waals surface area contributed by atoms with Crippen molar-refractivity contribution >= 4 is 61.1 Å². The average Bonchev–Trinajstić information content (AvgIpc) is 3.06. The van der Waals surface area contributed by atoms with Gasteiger partial charge in [-0.25, -0.2) is 0 Å². The first-order chi connectivity index (χ1) is 14.0. The lowest BCUT2D eigenvalue weighted by atomic mass is 10.1. The Morgan fingerprint density at radius 2 is 1.86 bits per heavy atom. The highest BCUT2D eigenvalue weighted by molar-refractivity contribution is 9.10. The van der Waals surface area contributed by atoms with Gasteiger partial charge < -0.3 is 19.2 Å². The summed E-state index contributed by atoms with van der Waals surface area (Å²) in [7, 11) is 1.56. The van der Waals surface area contributed by atoms with Crippen molar-refractivity contribution < 1.29 is 18.7 Å². The van der Waals surface area contributed by atoms with Crippen LogP contribution < -0.4 is 14.8 Å². The second-order valence-corrected chi connectivity index (χ2v) is 7.76. The van der Waals surface area contributed by atoms with Crippen LogP contribution in [0.4, 0.5) is 5.69 Å². The Morgan fingerprint density at radius 1 is 1.07 bits per heavy atom. The van der Waals surface area contributed by atoms with Gasteiger partial charge in [-0.2, -0.15) is 0 Å². The predicted molar refractivity (Wildman–Crippen MR) is 118 cm³/mol. The fraction of sp³-hybridized carbons (Fsp3) is 0.136. The van der Waals surface area contributed by atoms with Crippen molar-refractivity contribution in [3.05, 3.63) is 64.1 Å². The molecule has 0 saturated heterocycles. The van der Waals surface area contributed by atoms with Gasteiger partial charge in [0.2, 0.25) is 0 Å². The van der Waals surface area contributed by atoms with E-state index in [9.17, 15) is 4.79 Å². The maximum Gasteiger partial charge on any atom is 0.265 e. The van der Waals surface area contributed by atoms with Crippen LogP contribution in [0.15, 0.2) is 63.5 Å². The van der Waals surface area contributed by atoms with Crippen molar-refractivity contribution in [2.45, 2.75) is 13.0 Å². The normalized spacial score (nSPS) is 12.1. The van der Waals surface area contributed by atoms with Gasteiger partial charge in [-0.1, -0.05) is 29.8 Å². The lowest BCUT2D eigenvalue weighted by molar-refractivity contribution is -0.122. The smallest absolute Gasteiger partial charge is 0.265 e. The van der Waals surface area contributed by atoms with E-state index < -0.39 is 6.10 Å². The van der Waals surface area contributed by atoms with Gasteiger partial charge in [0.05, 0.1) is 17.3 Å². The van der Waals surface area contributed by atoms with Crippen molar-refractivity contribution in [1.29, 1.82) is 0 Å². The van der Waals surface area contributed by atoms with Crippen LogP contribution in [0.2, 0.25) is 5.02 Å². The Balaban J connectivity index is 1.60. The third-order valence-corrected chi connectivity index (χ3v) is 5.38. The van der Waals surface area contributed by atoms with Crippen molar-refractivity contribution in [2.24, 2.45) is 0 Å². The first-order valence-electron chi connectivity index (χ1n) is 8.88. The van der Waals surface area contributed by atoms with E-state index in [1.54, 1.807) is 38.3 Å². The van der Waals surface area contributed by atoms with E-state index in [1.165, 1.54) is 0 Å². The first-order valence-corrected chi connectivity index (χ1v) is 10.0. The summed E-state index contributed by atoms with van der Waals surface area (Å²) in [5.74, 6) is 0.745. The average molecular weight is 475 g/mol. The number of benzene rings is 3. The van der Waals surface area contributed by atoms with Gasteiger partial charge in [-0.05, 0) is 53.2 Å². The quantitative estimate of drug-likeness (QED) is 0.363. The number of anilines is 1. The fourth-order valence-corrected chi connectivity index (χ4v) is 3.84. The Hall–Kier alpha value is -2.70. The van der Waals surface area contributed by atoms with Gasteiger partial charge in [0.15, 0.2) is 6.10 Å². The SMILES string of the molecule is COc1cc2c(cc1NC(=O)C(C)Oc1ccc(Cl)cc1Br)oc1ccccc12. The molecule has 1 unspecified atom stereocenters. The number of carbonyl (C=O) groups is 1. The molecule has 4 rings (SSSR count). The number of rotatable bonds is 5. The lowest BCUT2D eigenvalue weighted by Gasteiger charge is -2.17. The van der Waals surface area contributed by atoms with Gasteiger partial charge in [0.25, 0.3) is 5.91 Å². The number of nitrogens with one attached hydrogen (secondary N) is 1. The van der Waals surface area contributed by atoms with Crippen LogP contribution in [0, 0.1) is 0 Å². The van der Waals surface area contributed by atoms with Gasteiger partial charge in [-0.3, -0.25) is 4.79 Å². The Bertz CT molecular complexity index is 1220. The van der Waals surface area contributed by atoms with E-state index in [-0.39, 0.29) is 5.91 Å². The zero-order valence-electron chi connectivity index (χ0n) is 15.7. The zero-order valence-corrected chi connectivity index (χ0v) is 18.0. The third-order valence-electron chi connectivity index (χ3n) is 4.52. The number of carbonyl (C=O) groups excluding carboxylic acids is 1. The molecule has 0 radical (unpaired) electrons. The molecule has 148 valence electrons. The monoisotopic (exact) mass is 473 g/mol. The second-order valence-electron chi connectivity index (χ2n) is 6.47. The molecule has 0 aliphatic carbocycles. The molecule has 1 aromatic heterocycles. The summed E-state index contributed by atoms with van der Waals surface area (Å²) in [6, 6.07) is 16.5. The molecule has 5 nitrogen and oxygen atoms in total. The van der Waals surface area contributed by atoms with E-state index in [2.05, 4.69) is 21.2 Å². The molecule has 4 aromatic rings. The Kier molecular flexibility index (Phi) is 5.39. The molecule has 1 amide bonds. The van der Waals surface area contributed by atoms with Gasteiger partial charge in [0.1, 0.15) is 22.7 Å². The molecule has 7 heteroatoms. The Labute approximate surface area is 180 Å². The van der Waals surface area contributed by atoms with Crippen molar-refractivity contribution in [3.8, 4) is 11.5 Å². The molecule has 0 saturated carbocycles. The molecular weight excluding hydrogens is 458 g/mol. The number of hydrogen-bond donors (Lipinski definition) is 1. The molecule has 3 aromatic carbocycles. The standard InChI is InChI=1S/C22H17BrClNO4/c1-12(28-19-8-7-13(24)9-16(19)23)22(26)25-17-11-20-15(10-21(17)27-2)14-5-3-4-6-18(14)29-20/h3-12H,1-2H3,(H,25,26). The summed E-state index contributed by atoms with van der Waals surface area (Å²) in [5.41, 5.74) is 1.95. The maximum absolute atomic E-state index is 12.7. The van der Waals surface area contributed by atoms with Gasteiger partial charge >= 0.3 is 0 Å². The summed E-state index contributed by atoms with van der Waals surface area (Å²) >= 11 is 9.33. The molecule has 0 aliphatic heterocycles. The molecular formula is C22H17BrClNO4. The molecule has 0 spiro atoms. The minimum atomic E-state index is -0.747. The van der Waals surface area contributed by atoms with Crippen LogP contribution in [0.5, 0.6) is 11.5 Å². The van der Waals surface area contributed by atoms with Crippen LogP contribution >= 0.6 is 27.5 Å². The highest BCUT2D eigenvalue weighted by Gasteiger charge is 2.19. The van der Waals surface area contributed by atoms with Crippen molar-refractivity contribution in [3.63, 3.8) is 0 Å². The molecule has 0 aliphatic rings. The molecule has 0 fully saturated rings. The summed E-state index contributed by atoms with van der Waals surface area (Å²) in [4.78, 5) is 12.7. The van der Waals surface area contributed by atoms with E-state index in [4.69, 9.17) is 25.5 Å². The zero-order chi connectivity index (χ0) is 20.5. The van der Waals surface area contributed by atoms with E-state index in [0.717, 1.165) is 16.4 Å². The number of para-hydroxylation sites is 1. The largest absolute Gasteiger partial charge is 0.495 e. The fourth-order valence-electron chi connectivity index (χ4n) is 3.07. The van der Waals surface area contributed by atoms with Crippen molar-refractivity contribution in [1.82, 2.24) is 0 Å². The molecule has 1 atom stereocenters. The maximum atomic E-state index is 12.7. The number of amides is 1. The van der Waals surface area contributed by atoms with Crippen LogP contribution in [0.3, 0.4) is 0 Å². The first kappa shape index (κ1) is 19.6. The van der Waals surface area contributed by atoms with Gasteiger partial charge in [-0.15, -0.1) is 0 Å². The third kappa shape index (κ3) is 3.91. The summed E-state index contributed by atoms with van der Waals surface area (Å²) < 4.78 is 17.8. The highest BCUT2D eigenvalue weighted by atomic mass is 79.9.